The van der Waals surface area contributed by atoms with Gasteiger partial charge in [0.25, 0.3) is 0 Å². The third kappa shape index (κ3) is 3.49. The first-order valence-corrected chi connectivity index (χ1v) is 8.34. The molecule has 0 spiro atoms. The molecule has 3 heteroatoms. The summed E-state index contributed by atoms with van der Waals surface area (Å²) < 4.78 is 10.3. The van der Waals surface area contributed by atoms with E-state index in [1.54, 1.807) is 6.26 Å². The van der Waals surface area contributed by atoms with Crippen LogP contribution in [0.4, 0.5) is 0 Å². The summed E-state index contributed by atoms with van der Waals surface area (Å²) in [5.74, 6) is 0.349. The second-order valence-electron chi connectivity index (χ2n) is 6.89. The Bertz CT molecular complexity index is 648. The lowest BCUT2D eigenvalue weighted by Crippen LogP contribution is -2.24. The van der Waals surface area contributed by atoms with Crippen LogP contribution >= 0.6 is 0 Å². The highest BCUT2D eigenvalue weighted by Gasteiger charge is 2.30. The largest absolute Gasteiger partial charge is 0.472 e. The summed E-state index contributed by atoms with van der Waals surface area (Å²) in [7, 11) is 0. The van der Waals surface area contributed by atoms with Gasteiger partial charge in [0.05, 0.1) is 18.1 Å². The SMILES string of the molecule is CC1CCC2=C(/C=C\C=C\C1(C)CCc1ccoc1)C(=O)OC2. The summed E-state index contributed by atoms with van der Waals surface area (Å²) >= 11 is 0. The van der Waals surface area contributed by atoms with Gasteiger partial charge in [-0.3, -0.25) is 0 Å². The zero-order chi connectivity index (χ0) is 16.3. The highest BCUT2D eigenvalue weighted by atomic mass is 16.5. The molecule has 3 nitrogen and oxygen atoms in total. The molecule has 2 atom stereocenters. The maximum atomic E-state index is 11.8. The molecule has 0 bridgehead atoms. The summed E-state index contributed by atoms with van der Waals surface area (Å²) in [6, 6.07) is 2.04. The fourth-order valence-corrected chi connectivity index (χ4v) is 3.34. The number of carbonyl (C=O) groups is 1. The van der Waals surface area contributed by atoms with E-state index >= 15 is 0 Å². The molecule has 2 aliphatic rings. The summed E-state index contributed by atoms with van der Waals surface area (Å²) in [6.07, 6.45) is 15.9. The minimum Gasteiger partial charge on any atom is -0.472 e. The van der Waals surface area contributed by atoms with Crippen molar-refractivity contribution in [2.45, 2.75) is 39.5 Å². The van der Waals surface area contributed by atoms with Crippen LogP contribution in [-0.4, -0.2) is 12.6 Å². The Morgan fingerprint density at radius 3 is 3.00 bits per heavy atom. The van der Waals surface area contributed by atoms with E-state index < -0.39 is 0 Å². The number of carbonyl (C=O) groups excluding carboxylic acids is 1. The molecular formula is C20H24O3. The summed E-state index contributed by atoms with van der Waals surface area (Å²) in [6.45, 7) is 5.10. The van der Waals surface area contributed by atoms with E-state index in [1.165, 1.54) is 5.56 Å². The van der Waals surface area contributed by atoms with Crippen LogP contribution in [0.2, 0.25) is 0 Å². The smallest absolute Gasteiger partial charge is 0.338 e. The van der Waals surface area contributed by atoms with Crippen molar-refractivity contribution in [3.63, 3.8) is 0 Å². The molecule has 3 rings (SSSR count). The molecule has 23 heavy (non-hydrogen) atoms. The van der Waals surface area contributed by atoms with Crippen molar-refractivity contribution in [2.75, 3.05) is 6.61 Å². The van der Waals surface area contributed by atoms with Crippen LogP contribution in [0.5, 0.6) is 0 Å². The highest BCUT2D eigenvalue weighted by molar-refractivity contribution is 5.94. The van der Waals surface area contributed by atoms with Crippen LogP contribution in [0.1, 0.15) is 38.7 Å². The Kier molecular flexibility index (Phi) is 4.56. The van der Waals surface area contributed by atoms with E-state index in [9.17, 15) is 4.79 Å². The highest BCUT2D eigenvalue weighted by Crippen LogP contribution is 2.39. The van der Waals surface area contributed by atoms with E-state index in [1.807, 2.05) is 24.5 Å². The third-order valence-electron chi connectivity index (χ3n) is 5.37. The van der Waals surface area contributed by atoms with Crippen LogP contribution in [0.3, 0.4) is 0 Å². The molecule has 0 saturated heterocycles. The van der Waals surface area contributed by atoms with Crippen LogP contribution in [-0.2, 0) is 16.0 Å². The summed E-state index contributed by atoms with van der Waals surface area (Å²) in [4.78, 5) is 11.8. The molecule has 0 amide bonds. The fraction of sp³-hybridized carbons (Fsp3) is 0.450. The number of allylic oxidation sites excluding steroid dienone is 3. The molecule has 1 aliphatic heterocycles. The average molecular weight is 312 g/mol. The average Bonchev–Trinajstić information content (AvgIpc) is 3.17. The van der Waals surface area contributed by atoms with Crippen molar-refractivity contribution in [2.24, 2.45) is 11.3 Å². The van der Waals surface area contributed by atoms with E-state index in [-0.39, 0.29) is 11.4 Å². The van der Waals surface area contributed by atoms with Gasteiger partial charge in [-0.15, -0.1) is 0 Å². The molecule has 0 radical (unpaired) electrons. The third-order valence-corrected chi connectivity index (χ3v) is 5.37. The number of aryl methyl sites for hydroxylation is 1. The zero-order valence-corrected chi connectivity index (χ0v) is 13.9. The molecule has 1 aromatic heterocycles. The first kappa shape index (κ1) is 15.9. The maximum Gasteiger partial charge on any atom is 0.338 e. The van der Waals surface area contributed by atoms with Crippen molar-refractivity contribution in [1.82, 2.24) is 0 Å². The van der Waals surface area contributed by atoms with Crippen molar-refractivity contribution < 1.29 is 13.9 Å². The Labute approximate surface area is 137 Å². The topological polar surface area (TPSA) is 39.4 Å². The van der Waals surface area contributed by atoms with Crippen LogP contribution in [0.25, 0.3) is 0 Å². The lowest BCUT2D eigenvalue weighted by molar-refractivity contribution is -0.135. The predicted octanol–water partition coefficient (Wildman–Crippen LogP) is 4.61. The van der Waals surface area contributed by atoms with Gasteiger partial charge in [0.2, 0.25) is 0 Å². The Balaban J connectivity index is 1.76. The van der Waals surface area contributed by atoms with Crippen molar-refractivity contribution >= 4 is 5.97 Å². The van der Waals surface area contributed by atoms with Crippen molar-refractivity contribution in [3.05, 3.63) is 59.6 Å². The fourth-order valence-electron chi connectivity index (χ4n) is 3.34. The van der Waals surface area contributed by atoms with Gasteiger partial charge in [0.1, 0.15) is 6.61 Å². The van der Waals surface area contributed by atoms with Crippen LogP contribution in [0.15, 0.2) is 58.5 Å². The first-order chi connectivity index (χ1) is 11.1. The van der Waals surface area contributed by atoms with E-state index in [0.29, 0.717) is 12.5 Å². The van der Waals surface area contributed by atoms with Gasteiger partial charge in [0.15, 0.2) is 0 Å². The number of ether oxygens (including phenoxy) is 1. The van der Waals surface area contributed by atoms with Crippen LogP contribution < -0.4 is 0 Å². The number of esters is 1. The van der Waals surface area contributed by atoms with Crippen molar-refractivity contribution in [3.8, 4) is 0 Å². The molecule has 1 aliphatic carbocycles. The normalized spacial score (nSPS) is 30.7. The second-order valence-corrected chi connectivity index (χ2v) is 6.89. The van der Waals surface area contributed by atoms with Gasteiger partial charge < -0.3 is 9.15 Å². The molecule has 1 aromatic rings. The Hall–Kier alpha value is -2.03. The molecule has 2 unspecified atom stereocenters. The lowest BCUT2D eigenvalue weighted by Gasteiger charge is -2.33. The monoisotopic (exact) mass is 312 g/mol. The molecular weight excluding hydrogens is 288 g/mol. The van der Waals surface area contributed by atoms with Gasteiger partial charge in [-0.1, -0.05) is 32.1 Å². The lowest BCUT2D eigenvalue weighted by atomic mass is 9.71. The molecule has 0 N–H and O–H groups in total. The maximum absolute atomic E-state index is 11.8. The van der Waals surface area contributed by atoms with Gasteiger partial charge >= 0.3 is 5.97 Å². The summed E-state index contributed by atoms with van der Waals surface area (Å²) in [5, 5.41) is 0. The second kappa shape index (κ2) is 6.61. The number of furan rings is 1. The van der Waals surface area contributed by atoms with Crippen molar-refractivity contribution in [1.29, 1.82) is 0 Å². The number of cyclic esters (lactones) is 1. The standard InChI is InChI=1S/C20H24O3/c1-15-6-7-17-14-23-19(21)18(17)5-3-4-10-20(15,2)11-8-16-9-12-22-13-16/h3-5,9-10,12-13,15H,6-8,11,14H2,1-2H3/b5-3-,10-4+. The number of hydrogen-bond acceptors (Lipinski definition) is 3. The van der Waals surface area contributed by atoms with E-state index in [2.05, 4.69) is 26.0 Å². The van der Waals surface area contributed by atoms with Gasteiger partial charge in [0, 0.05) is 0 Å². The zero-order valence-electron chi connectivity index (χ0n) is 13.9. The number of hydrogen-bond donors (Lipinski definition) is 0. The molecule has 0 aromatic carbocycles. The van der Waals surface area contributed by atoms with E-state index in [0.717, 1.165) is 36.8 Å². The minimum absolute atomic E-state index is 0.128. The first-order valence-electron chi connectivity index (χ1n) is 8.34. The minimum atomic E-state index is -0.180. The van der Waals surface area contributed by atoms with E-state index in [4.69, 9.17) is 9.15 Å². The van der Waals surface area contributed by atoms with Gasteiger partial charge in [-0.05, 0) is 60.3 Å². The number of rotatable bonds is 3. The Morgan fingerprint density at radius 2 is 2.22 bits per heavy atom. The predicted molar refractivity (Wildman–Crippen MR) is 89.8 cm³/mol. The molecule has 122 valence electrons. The van der Waals surface area contributed by atoms with Gasteiger partial charge in [-0.2, -0.15) is 0 Å². The van der Waals surface area contributed by atoms with Gasteiger partial charge in [-0.25, -0.2) is 4.79 Å². The summed E-state index contributed by atoms with van der Waals surface area (Å²) in [5.41, 5.74) is 3.28. The molecule has 2 heterocycles. The molecule has 0 saturated carbocycles. The Morgan fingerprint density at radius 1 is 1.35 bits per heavy atom. The quantitative estimate of drug-likeness (QED) is 0.765. The van der Waals surface area contributed by atoms with Crippen LogP contribution in [0, 0.1) is 11.3 Å². The molecule has 0 fully saturated rings.